The standard InChI is InChI=1S/C22H21Cl2NS.CH5N.CH4S.H2OS/c23-20-9-8-17(15-21(20)24)5-3-4-12-25-13-10-22(11-14-25)19-7-2-1-6-18(19)16-26-22;3*1-2/h1-2,6-9,15H,4,10-14,16H2;2H2,1H3;2H,1H3;1-2H. The van der Waals surface area contributed by atoms with E-state index in [1.165, 1.54) is 25.6 Å². The second kappa shape index (κ2) is 16.2. The van der Waals surface area contributed by atoms with Gasteiger partial charge in [0, 0.05) is 29.0 Å². The number of nitrogens with two attached hydrogens (primary N) is 1. The average Bonchev–Trinajstić information content (AvgIpc) is 3.22. The maximum absolute atomic E-state index is 6.69. The summed E-state index contributed by atoms with van der Waals surface area (Å²) in [7, 11) is 1.50. The number of hydrogen-bond acceptors (Lipinski definition) is 6. The van der Waals surface area contributed by atoms with E-state index >= 15 is 0 Å². The molecule has 0 aliphatic carbocycles. The van der Waals surface area contributed by atoms with Gasteiger partial charge in [-0.15, -0.1) is 11.8 Å². The Morgan fingerprint density at radius 1 is 1.06 bits per heavy atom. The summed E-state index contributed by atoms with van der Waals surface area (Å²) >= 11 is 20.2. The van der Waals surface area contributed by atoms with Gasteiger partial charge < -0.3 is 15.2 Å². The zero-order valence-corrected chi connectivity index (χ0v) is 22.6. The maximum atomic E-state index is 6.69. The highest BCUT2D eigenvalue weighted by molar-refractivity contribution is 7.99. The van der Waals surface area contributed by atoms with Crippen molar-refractivity contribution in [2.24, 2.45) is 5.73 Å². The van der Waals surface area contributed by atoms with Crippen molar-refractivity contribution < 1.29 is 4.55 Å². The monoisotopic (exact) mass is 530 g/mol. The molecule has 0 amide bonds. The third kappa shape index (κ3) is 8.07. The number of piperidine rings is 1. The van der Waals surface area contributed by atoms with E-state index in [2.05, 4.69) is 84.0 Å². The van der Waals surface area contributed by atoms with Crippen molar-refractivity contribution in [3.8, 4) is 11.8 Å². The molecular weight excluding hydrogens is 499 g/mol. The average molecular weight is 532 g/mol. The van der Waals surface area contributed by atoms with Crippen molar-refractivity contribution in [1.29, 1.82) is 0 Å². The van der Waals surface area contributed by atoms with Crippen molar-refractivity contribution in [3.63, 3.8) is 0 Å². The molecule has 2 aromatic carbocycles. The summed E-state index contributed by atoms with van der Waals surface area (Å²) in [5, 5.41) is 1.14. The number of nitrogens with zero attached hydrogens (tertiary/aromatic N) is 1. The zero-order valence-electron chi connectivity index (χ0n) is 18.5. The van der Waals surface area contributed by atoms with Crippen LogP contribution in [0.3, 0.4) is 0 Å². The number of halogens is 2. The van der Waals surface area contributed by atoms with Crippen LogP contribution in [0, 0.1) is 11.8 Å². The van der Waals surface area contributed by atoms with Gasteiger partial charge in [-0.3, -0.25) is 0 Å². The van der Waals surface area contributed by atoms with Gasteiger partial charge in [0.25, 0.3) is 0 Å². The third-order valence-electron chi connectivity index (χ3n) is 5.38. The molecule has 32 heavy (non-hydrogen) atoms. The number of likely N-dealkylation sites (tertiary alicyclic amines) is 1. The molecule has 1 fully saturated rings. The van der Waals surface area contributed by atoms with E-state index in [4.69, 9.17) is 27.8 Å². The Bertz CT molecular complexity index is 879. The fourth-order valence-electron chi connectivity index (χ4n) is 3.89. The Morgan fingerprint density at radius 2 is 1.72 bits per heavy atom. The number of thioether (sulfide) groups is 1. The molecule has 0 unspecified atom stereocenters. The molecule has 0 saturated carbocycles. The van der Waals surface area contributed by atoms with E-state index in [0.29, 0.717) is 14.8 Å². The molecule has 176 valence electrons. The summed E-state index contributed by atoms with van der Waals surface area (Å²) in [6, 6.07) is 14.5. The number of fused-ring (bicyclic) bond motifs is 2. The van der Waals surface area contributed by atoms with Crippen LogP contribution in [0.2, 0.25) is 10.0 Å². The predicted molar refractivity (Wildman–Crippen MR) is 150 cm³/mol. The van der Waals surface area contributed by atoms with Gasteiger partial charge in [-0.05, 0) is 81.5 Å². The first-order chi connectivity index (χ1) is 15.7. The number of hydrogen-bond donors (Lipinski definition) is 4. The smallest absolute Gasteiger partial charge is 0.0604 e. The fraction of sp³-hybridized carbons (Fsp3) is 0.417. The van der Waals surface area contributed by atoms with Crippen molar-refractivity contribution in [2.75, 3.05) is 32.9 Å². The summed E-state index contributed by atoms with van der Waals surface area (Å²) < 4.78 is 7.05. The highest BCUT2D eigenvalue weighted by atomic mass is 35.5. The first-order valence-corrected chi connectivity index (χ1v) is 13.3. The zero-order chi connectivity index (χ0) is 24.0. The van der Waals surface area contributed by atoms with E-state index in [0.717, 1.165) is 31.6 Å². The van der Waals surface area contributed by atoms with Crippen LogP contribution in [0.1, 0.15) is 36.0 Å². The Hall–Kier alpha value is -0.490. The Balaban J connectivity index is 0.000000789. The summed E-state index contributed by atoms with van der Waals surface area (Å²) in [5.74, 6) is 7.64. The van der Waals surface area contributed by atoms with Crippen LogP contribution in [-0.2, 0) is 10.5 Å². The molecule has 0 bridgehead atoms. The SMILES string of the molecule is CN.CS.Clc1ccc(C#CCCN2CCC3(CC2)SCc2ccccc23)cc1Cl.OS. The van der Waals surface area contributed by atoms with Crippen LogP contribution >= 0.6 is 60.5 Å². The van der Waals surface area contributed by atoms with E-state index in [1.54, 1.807) is 23.4 Å². The van der Waals surface area contributed by atoms with Crippen molar-refractivity contribution >= 4 is 60.5 Å². The van der Waals surface area contributed by atoms with Gasteiger partial charge in [-0.1, -0.05) is 59.3 Å². The van der Waals surface area contributed by atoms with Crippen LogP contribution < -0.4 is 5.73 Å². The van der Waals surface area contributed by atoms with Crippen molar-refractivity contribution in [1.82, 2.24) is 4.90 Å². The van der Waals surface area contributed by atoms with E-state index in [9.17, 15) is 0 Å². The van der Waals surface area contributed by atoms with Gasteiger partial charge >= 0.3 is 0 Å². The predicted octanol–water partition coefficient (Wildman–Crippen LogP) is 6.48. The van der Waals surface area contributed by atoms with Crippen molar-refractivity contribution in [2.45, 2.75) is 29.8 Å². The summed E-state index contributed by atoms with van der Waals surface area (Å²) in [4.78, 5) is 2.55. The van der Waals surface area contributed by atoms with Crippen LogP contribution in [-0.4, -0.2) is 42.4 Å². The van der Waals surface area contributed by atoms with Gasteiger partial charge in [0.2, 0.25) is 0 Å². The molecule has 2 aliphatic rings. The normalized spacial score (nSPS) is 15.5. The summed E-state index contributed by atoms with van der Waals surface area (Å²) in [6.45, 7) is 3.36. The minimum atomic E-state index is 0.360. The summed E-state index contributed by atoms with van der Waals surface area (Å²) in [5.41, 5.74) is 8.55. The number of benzene rings is 2. The molecule has 1 spiro atoms. The molecule has 3 N–H and O–H groups in total. The molecule has 0 radical (unpaired) electrons. The fourth-order valence-corrected chi connectivity index (χ4v) is 5.70. The highest BCUT2D eigenvalue weighted by Gasteiger charge is 2.41. The van der Waals surface area contributed by atoms with Gasteiger partial charge in [0.05, 0.1) is 10.0 Å². The van der Waals surface area contributed by atoms with Gasteiger partial charge in [-0.25, -0.2) is 0 Å². The second-order valence-electron chi connectivity index (χ2n) is 6.96. The third-order valence-corrected chi connectivity index (χ3v) is 7.76. The lowest BCUT2D eigenvalue weighted by Gasteiger charge is -2.39. The molecule has 0 aromatic heterocycles. The first-order valence-electron chi connectivity index (χ1n) is 10.3. The number of rotatable bonds is 2. The molecule has 2 aliphatic heterocycles. The lowest BCUT2D eigenvalue weighted by Crippen LogP contribution is -2.40. The van der Waals surface area contributed by atoms with E-state index in [1.807, 2.05) is 12.1 Å². The molecule has 1 saturated heterocycles. The Labute approximate surface area is 218 Å². The van der Waals surface area contributed by atoms with Crippen molar-refractivity contribution in [3.05, 3.63) is 69.2 Å². The summed E-state index contributed by atoms with van der Waals surface area (Å²) in [6.07, 6.45) is 5.07. The molecule has 2 heterocycles. The lowest BCUT2D eigenvalue weighted by molar-refractivity contribution is 0.205. The quantitative estimate of drug-likeness (QED) is 0.204. The lowest BCUT2D eigenvalue weighted by atomic mass is 9.86. The van der Waals surface area contributed by atoms with Gasteiger partial charge in [-0.2, -0.15) is 12.6 Å². The minimum absolute atomic E-state index is 0.360. The molecule has 0 atom stereocenters. The van der Waals surface area contributed by atoms with Gasteiger partial charge in [0.15, 0.2) is 0 Å². The number of thiol groups is 2. The Morgan fingerprint density at radius 3 is 2.38 bits per heavy atom. The topological polar surface area (TPSA) is 49.5 Å². The van der Waals surface area contributed by atoms with Crippen LogP contribution in [0.4, 0.5) is 0 Å². The van der Waals surface area contributed by atoms with Crippen LogP contribution in [0.5, 0.6) is 0 Å². The van der Waals surface area contributed by atoms with Gasteiger partial charge in [0.1, 0.15) is 0 Å². The molecule has 8 heteroatoms. The van der Waals surface area contributed by atoms with Crippen LogP contribution in [0.25, 0.3) is 0 Å². The second-order valence-corrected chi connectivity index (χ2v) is 9.14. The highest BCUT2D eigenvalue weighted by Crippen LogP contribution is 2.53. The molecule has 3 nitrogen and oxygen atoms in total. The molecule has 2 aromatic rings. The molecular formula is C24H32Cl2N2OS3. The molecule has 4 rings (SSSR count). The first kappa shape index (κ1) is 29.5. The van der Waals surface area contributed by atoms with E-state index in [-0.39, 0.29) is 0 Å². The Kier molecular flexibility index (Phi) is 14.9. The van der Waals surface area contributed by atoms with Crippen LogP contribution in [0.15, 0.2) is 42.5 Å². The largest absolute Gasteiger partial charge is 0.333 e. The minimum Gasteiger partial charge on any atom is -0.333 e. The maximum Gasteiger partial charge on any atom is 0.0604 e. The van der Waals surface area contributed by atoms with E-state index < -0.39 is 0 Å².